The Hall–Kier alpha value is -2.91. The maximum absolute atomic E-state index is 12.5. The molecule has 0 bridgehead atoms. The number of imidazole rings is 1. The zero-order valence-corrected chi connectivity index (χ0v) is 17.0. The van der Waals surface area contributed by atoms with Crippen molar-refractivity contribution in [3.63, 3.8) is 0 Å². The molecule has 4 rings (SSSR count). The minimum atomic E-state index is -0.237. The molecule has 0 saturated carbocycles. The number of carbonyl (C=O) groups is 2. The van der Waals surface area contributed by atoms with Crippen LogP contribution in [-0.4, -0.2) is 27.4 Å². The fraction of sp³-hybridized carbons (Fsp3) is 0.211. The van der Waals surface area contributed by atoms with Crippen LogP contribution in [0.3, 0.4) is 0 Å². The van der Waals surface area contributed by atoms with Gasteiger partial charge in [-0.25, -0.2) is 9.78 Å². The summed E-state index contributed by atoms with van der Waals surface area (Å²) in [4.78, 5) is 31.2. The number of thiophene rings is 1. The normalized spacial score (nSPS) is 11.2. The molecule has 3 amide bonds. The van der Waals surface area contributed by atoms with Crippen molar-refractivity contribution < 1.29 is 9.59 Å². The van der Waals surface area contributed by atoms with E-state index in [-0.39, 0.29) is 18.0 Å². The van der Waals surface area contributed by atoms with E-state index in [0.717, 1.165) is 20.9 Å². The molecule has 0 spiro atoms. The second-order valence-electron chi connectivity index (χ2n) is 6.60. The van der Waals surface area contributed by atoms with E-state index < -0.39 is 0 Å². The summed E-state index contributed by atoms with van der Waals surface area (Å²) in [5, 5.41) is 10.4. The highest BCUT2D eigenvalue weighted by molar-refractivity contribution is 7.21. The van der Waals surface area contributed by atoms with Crippen molar-refractivity contribution in [2.24, 2.45) is 0 Å². The fourth-order valence-electron chi connectivity index (χ4n) is 2.76. The predicted octanol–water partition coefficient (Wildman–Crippen LogP) is 4.07. The Bertz CT molecular complexity index is 1140. The second kappa shape index (κ2) is 7.61. The lowest BCUT2D eigenvalue weighted by atomic mass is 10.2. The van der Waals surface area contributed by atoms with Crippen LogP contribution in [0.1, 0.15) is 29.1 Å². The van der Waals surface area contributed by atoms with E-state index in [4.69, 9.17) is 0 Å². The van der Waals surface area contributed by atoms with E-state index in [1.165, 1.54) is 11.3 Å². The van der Waals surface area contributed by atoms with Gasteiger partial charge in [-0.2, -0.15) is 0 Å². The van der Waals surface area contributed by atoms with Crippen LogP contribution in [-0.2, 0) is 6.54 Å². The van der Waals surface area contributed by atoms with E-state index in [0.29, 0.717) is 17.1 Å². The lowest BCUT2D eigenvalue weighted by Gasteiger charge is -2.10. The van der Waals surface area contributed by atoms with Crippen LogP contribution in [0.4, 0.5) is 10.5 Å². The Morgan fingerprint density at radius 1 is 1.21 bits per heavy atom. The van der Waals surface area contributed by atoms with E-state index in [2.05, 4.69) is 20.9 Å². The van der Waals surface area contributed by atoms with Crippen LogP contribution in [0.25, 0.3) is 15.3 Å². The number of amides is 3. The van der Waals surface area contributed by atoms with Gasteiger partial charge in [0.25, 0.3) is 5.91 Å². The van der Waals surface area contributed by atoms with Gasteiger partial charge in [0.15, 0.2) is 4.96 Å². The lowest BCUT2D eigenvalue weighted by Crippen LogP contribution is -2.34. The second-order valence-corrected chi connectivity index (χ2v) is 8.50. The van der Waals surface area contributed by atoms with Crippen molar-refractivity contribution in [1.82, 2.24) is 20.0 Å². The molecule has 7 nitrogen and oxygen atoms in total. The maximum Gasteiger partial charge on any atom is 0.319 e. The van der Waals surface area contributed by atoms with Gasteiger partial charge in [0.2, 0.25) is 0 Å². The van der Waals surface area contributed by atoms with Crippen molar-refractivity contribution in [1.29, 1.82) is 0 Å². The zero-order chi connectivity index (χ0) is 19.7. The summed E-state index contributed by atoms with van der Waals surface area (Å²) in [6, 6.07) is 9.10. The molecule has 3 N–H and O–H groups in total. The van der Waals surface area contributed by atoms with Gasteiger partial charge in [-0.15, -0.1) is 22.7 Å². The molecule has 0 aliphatic rings. The molecular formula is C19H19N5O2S2. The molecule has 3 heterocycles. The van der Waals surface area contributed by atoms with Crippen LogP contribution in [0.15, 0.2) is 41.9 Å². The topological polar surface area (TPSA) is 87.5 Å². The maximum atomic E-state index is 12.5. The number of nitrogens with zero attached hydrogens (tertiary/aromatic N) is 2. The number of carbonyl (C=O) groups excluding carboxylic acids is 2. The first-order valence-corrected chi connectivity index (χ1v) is 10.5. The first-order chi connectivity index (χ1) is 13.5. The number of urea groups is 1. The lowest BCUT2D eigenvalue weighted by molar-refractivity contribution is 0.0955. The number of aromatic nitrogens is 2. The summed E-state index contributed by atoms with van der Waals surface area (Å²) in [5.74, 6) is -0.120. The van der Waals surface area contributed by atoms with Gasteiger partial charge >= 0.3 is 6.03 Å². The number of benzene rings is 1. The van der Waals surface area contributed by atoms with Crippen LogP contribution in [0.2, 0.25) is 0 Å². The molecule has 0 atom stereocenters. The van der Waals surface area contributed by atoms with E-state index in [1.54, 1.807) is 11.3 Å². The van der Waals surface area contributed by atoms with Crippen LogP contribution >= 0.6 is 22.7 Å². The van der Waals surface area contributed by atoms with Crippen LogP contribution in [0.5, 0.6) is 0 Å². The highest BCUT2D eigenvalue weighted by Crippen LogP contribution is 2.28. The van der Waals surface area contributed by atoms with E-state index in [1.807, 2.05) is 60.2 Å². The molecule has 9 heteroatoms. The fourth-order valence-corrected chi connectivity index (χ4v) is 4.48. The third kappa shape index (κ3) is 3.85. The first-order valence-electron chi connectivity index (χ1n) is 8.79. The minimum absolute atomic E-state index is 0.0747. The smallest absolute Gasteiger partial charge is 0.319 e. The van der Waals surface area contributed by atoms with Crippen molar-refractivity contribution >= 4 is 55.6 Å². The highest BCUT2D eigenvalue weighted by atomic mass is 32.1. The molecule has 1 aromatic carbocycles. The molecule has 144 valence electrons. The SMILES string of the molecule is CC(C)NC(=O)Nc1ccc(CNC(=O)c2cc3c(nc4sccn43)s2)cc1. The molecule has 0 unspecified atom stereocenters. The number of hydrogen-bond donors (Lipinski definition) is 3. The molecule has 28 heavy (non-hydrogen) atoms. The molecule has 0 aliphatic heterocycles. The Kier molecular flexibility index (Phi) is 5.01. The average Bonchev–Trinajstić information content (AvgIpc) is 3.32. The summed E-state index contributed by atoms with van der Waals surface area (Å²) >= 11 is 2.97. The third-order valence-electron chi connectivity index (χ3n) is 4.05. The molecule has 0 radical (unpaired) electrons. The standard InChI is InChI=1S/C19H19N5O2S2/c1-11(2)21-18(26)22-13-5-3-12(4-6-13)10-20-16(25)15-9-14-17(28-15)23-19-24(14)7-8-27-19/h3-9,11H,10H2,1-2H3,(H,20,25)(H2,21,22,26). The van der Waals surface area contributed by atoms with Crippen LogP contribution < -0.4 is 16.0 Å². The number of fused-ring (bicyclic) bond motifs is 3. The van der Waals surface area contributed by atoms with E-state index >= 15 is 0 Å². The molecule has 0 saturated heterocycles. The summed E-state index contributed by atoms with van der Waals surface area (Å²) in [7, 11) is 0. The van der Waals surface area contributed by atoms with Crippen molar-refractivity contribution in [2.45, 2.75) is 26.4 Å². The van der Waals surface area contributed by atoms with E-state index in [9.17, 15) is 9.59 Å². The summed E-state index contributed by atoms with van der Waals surface area (Å²) in [5.41, 5.74) is 2.61. The molecule has 0 fully saturated rings. The van der Waals surface area contributed by atoms with Crippen molar-refractivity contribution in [2.75, 3.05) is 5.32 Å². The zero-order valence-electron chi connectivity index (χ0n) is 15.4. The Balaban J connectivity index is 1.36. The van der Waals surface area contributed by atoms with Crippen molar-refractivity contribution in [3.8, 4) is 0 Å². The van der Waals surface area contributed by atoms with Gasteiger partial charge in [0, 0.05) is 29.9 Å². The Labute approximate surface area is 169 Å². The Morgan fingerprint density at radius 3 is 2.75 bits per heavy atom. The third-order valence-corrected chi connectivity index (χ3v) is 5.82. The number of anilines is 1. The average molecular weight is 414 g/mol. The van der Waals surface area contributed by atoms with Crippen molar-refractivity contribution in [3.05, 3.63) is 52.3 Å². The monoisotopic (exact) mass is 413 g/mol. The molecule has 3 aromatic heterocycles. The first kappa shape index (κ1) is 18.5. The number of thiazole rings is 1. The van der Waals surface area contributed by atoms with Gasteiger partial charge < -0.3 is 16.0 Å². The number of nitrogens with one attached hydrogen (secondary N) is 3. The highest BCUT2D eigenvalue weighted by Gasteiger charge is 2.15. The Morgan fingerprint density at radius 2 is 2.00 bits per heavy atom. The molecular weight excluding hydrogens is 394 g/mol. The predicted molar refractivity (Wildman–Crippen MR) is 113 cm³/mol. The van der Waals surface area contributed by atoms with Gasteiger partial charge in [-0.3, -0.25) is 9.20 Å². The minimum Gasteiger partial charge on any atom is -0.347 e. The largest absolute Gasteiger partial charge is 0.347 e. The van der Waals surface area contributed by atoms with Gasteiger partial charge in [0.05, 0.1) is 10.4 Å². The number of hydrogen-bond acceptors (Lipinski definition) is 5. The van der Waals surface area contributed by atoms with Crippen LogP contribution in [0, 0.1) is 0 Å². The summed E-state index contributed by atoms with van der Waals surface area (Å²) in [6.07, 6.45) is 1.96. The van der Waals surface area contributed by atoms with Gasteiger partial charge in [-0.05, 0) is 37.6 Å². The quantitative estimate of drug-likeness (QED) is 0.461. The molecule has 4 aromatic rings. The van der Waals surface area contributed by atoms with Gasteiger partial charge in [0.1, 0.15) is 4.83 Å². The summed E-state index contributed by atoms with van der Waals surface area (Å²) < 4.78 is 1.99. The van der Waals surface area contributed by atoms with Gasteiger partial charge in [-0.1, -0.05) is 12.1 Å². The summed E-state index contributed by atoms with van der Waals surface area (Å²) in [6.45, 7) is 4.22. The molecule has 0 aliphatic carbocycles. The number of rotatable bonds is 5.